The van der Waals surface area contributed by atoms with Crippen LogP contribution in [0.15, 0.2) is 24.3 Å². The molecule has 1 aromatic carbocycles. The number of carbonyl (C=O) groups excluding carboxylic acids is 1. The van der Waals surface area contributed by atoms with Gasteiger partial charge in [0.05, 0.1) is 12.6 Å². The standard InChI is InChI=1S/C16H24N2O2/c1-16(2,3)17-14(19)10-18(4)13-9-11-7-5-6-8-12(11)15(13)20/h5-8,13,15,20H,9-10H2,1-4H3,(H,17,19). The Labute approximate surface area is 120 Å². The lowest BCUT2D eigenvalue weighted by Crippen LogP contribution is -2.48. The predicted molar refractivity (Wildman–Crippen MR) is 79.4 cm³/mol. The van der Waals surface area contributed by atoms with Crippen LogP contribution in [0.3, 0.4) is 0 Å². The number of aliphatic hydroxyl groups excluding tert-OH is 1. The van der Waals surface area contributed by atoms with Crippen LogP contribution in [0.25, 0.3) is 0 Å². The smallest absolute Gasteiger partial charge is 0.234 e. The van der Waals surface area contributed by atoms with E-state index in [-0.39, 0.29) is 17.5 Å². The van der Waals surface area contributed by atoms with Crippen molar-refractivity contribution in [3.63, 3.8) is 0 Å². The van der Waals surface area contributed by atoms with E-state index in [9.17, 15) is 9.90 Å². The monoisotopic (exact) mass is 276 g/mol. The molecule has 1 aliphatic rings. The van der Waals surface area contributed by atoms with E-state index < -0.39 is 6.10 Å². The predicted octanol–water partition coefficient (Wildman–Crippen LogP) is 1.49. The van der Waals surface area contributed by atoms with Gasteiger partial charge in [-0.3, -0.25) is 9.69 Å². The van der Waals surface area contributed by atoms with E-state index in [1.54, 1.807) is 0 Å². The Hall–Kier alpha value is -1.39. The number of aliphatic hydroxyl groups is 1. The minimum Gasteiger partial charge on any atom is -0.387 e. The first-order chi connectivity index (χ1) is 9.28. The van der Waals surface area contributed by atoms with Crippen LogP contribution in [0.2, 0.25) is 0 Å². The highest BCUT2D eigenvalue weighted by Crippen LogP contribution is 2.33. The molecule has 0 aliphatic heterocycles. The summed E-state index contributed by atoms with van der Waals surface area (Å²) in [7, 11) is 1.89. The third kappa shape index (κ3) is 3.38. The molecule has 0 bridgehead atoms. The van der Waals surface area contributed by atoms with Gasteiger partial charge in [-0.2, -0.15) is 0 Å². The zero-order valence-corrected chi connectivity index (χ0v) is 12.7. The van der Waals surface area contributed by atoms with E-state index in [1.807, 2.05) is 57.0 Å². The molecule has 4 heteroatoms. The van der Waals surface area contributed by atoms with Gasteiger partial charge >= 0.3 is 0 Å². The van der Waals surface area contributed by atoms with Crippen molar-refractivity contribution in [1.82, 2.24) is 10.2 Å². The molecule has 0 saturated heterocycles. The van der Waals surface area contributed by atoms with E-state index in [0.717, 1.165) is 12.0 Å². The molecule has 0 aromatic heterocycles. The number of likely N-dealkylation sites (N-methyl/N-ethyl adjacent to an activating group) is 1. The molecule has 0 saturated carbocycles. The van der Waals surface area contributed by atoms with Crippen molar-refractivity contribution in [2.24, 2.45) is 0 Å². The average molecular weight is 276 g/mol. The van der Waals surface area contributed by atoms with Crippen LogP contribution < -0.4 is 5.32 Å². The van der Waals surface area contributed by atoms with Crippen LogP contribution in [0.1, 0.15) is 38.0 Å². The lowest BCUT2D eigenvalue weighted by atomic mass is 10.1. The van der Waals surface area contributed by atoms with Crippen molar-refractivity contribution >= 4 is 5.91 Å². The van der Waals surface area contributed by atoms with Gasteiger partial charge in [-0.25, -0.2) is 0 Å². The molecule has 0 fully saturated rings. The van der Waals surface area contributed by atoms with Crippen LogP contribution >= 0.6 is 0 Å². The van der Waals surface area contributed by atoms with E-state index in [2.05, 4.69) is 5.32 Å². The number of rotatable bonds is 3. The van der Waals surface area contributed by atoms with Crippen molar-refractivity contribution in [2.75, 3.05) is 13.6 Å². The van der Waals surface area contributed by atoms with E-state index >= 15 is 0 Å². The Morgan fingerprint density at radius 1 is 1.40 bits per heavy atom. The van der Waals surface area contributed by atoms with Gasteiger partial charge in [0.15, 0.2) is 0 Å². The summed E-state index contributed by atoms with van der Waals surface area (Å²) < 4.78 is 0. The van der Waals surface area contributed by atoms with E-state index in [0.29, 0.717) is 6.54 Å². The number of carbonyl (C=O) groups is 1. The van der Waals surface area contributed by atoms with Crippen molar-refractivity contribution in [1.29, 1.82) is 0 Å². The topological polar surface area (TPSA) is 52.6 Å². The Morgan fingerprint density at radius 3 is 2.65 bits per heavy atom. The summed E-state index contributed by atoms with van der Waals surface area (Å²) in [5.74, 6) is -0.0110. The van der Waals surface area contributed by atoms with E-state index in [1.165, 1.54) is 5.56 Å². The van der Waals surface area contributed by atoms with Gasteiger partial charge < -0.3 is 10.4 Å². The number of hydrogen-bond acceptors (Lipinski definition) is 3. The Balaban J connectivity index is 1.98. The minimum atomic E-state index is -0.515. The van der Waals surface area contributed by atoms with Gasteiger partial charge in [0.25, 0.3) is 0 Å². The molecular weight excluding hydrogens is 252 g/mol. The zero-order valence-electron chi connectivity index (χ0n) is 12.7. The largest absolute Gasteiger partial charge is 0.387 e. The highest BCUT2D eigenvalue weighted by molar-refractivity contribution is 5.78. The second-order valence-corrected chi connectivity index (χ2v) is 6.63. The third-order valence-corrected chi connectivity index (χ3v) is 3.64. The molecule has 1 aliphatic carbocycles. The molecule has 1 amide bonds. The fourth-order valence-corrected chi connectivity index (χ4v) is 2.75. The second kappa shape index (κ2) is 5.54. The average Bonchev–Trinajstić information content (AvgIpc) is 2.65. The highest BCUT2D eigenvalue weighted by Gasteiger charge is 2.34. The number of nitrogens with zero attached hydrogens (tertiary/aromatic N) is 1. The van der Waals surface area contributed by atoms with Crippen LogP contribution in [-0.2, 0) is 11.2 Å². The maximum atomic E-state index is 12.0. The molecule has 2 rings (SSSR count). The zero-order chi connectivity index (χ0) is 14.9. The normalized spacial score (nSPS) is 21.9. The summed E-state index contributed by atoms with van der Waals surface area (Å²) in [6.45, 7) is 6.19. The molecule has 110 valence electrons. The molecule has 2 N–H and O–H groups in total. The van der Waals surface area contributed by atoms with Gasteiger partial charge in [-0.15, -0.1) is 0 Å². The lowest BCUT2D eigenvalue weighted by molar-refractivity contribution is -0.124. The summed E-state index contributed by atoms with van der Waals surface area (Å²) in [5.41, 5.74) is 1.93. The van der Waals surface area contributed by atoms with Crippen molar-refractivity contribution in [3.05, 3.63) is 35.4 Å². The Morgan fingerprint density at radius 2 is 2.05 bits per heavy atom. The molecule has 2 atom stereocenters. The summed E-state index contributed by atoms with van der Waals surface area (Å²) in [4.78, 5) is 13.9. The number of amides is 1. The first-order valence-electron chi connectivity index (χ1n) is 7.05. The molecule has 0 heterocycles. The van der Waals surface area contributed by atoms with Crippen LogP contribution in [0.4, 0.5) is 0 Å². The van der Waals surface area contributed by atoms with Gasteiger partial charge in [-0.1, -0.05) is 24.3 Å². The quantitative estimate of drug-likeness (QED) is 0.879. The molecule has 4 nitrogen and oxygen atoms in total. The summed E-state index contributed by atoms with van der Waals surface area (Å²) in [5, 5.41) is 13.3. The maximum absolute atomic E-state index is 12.0. The van der Waals surface area contributed by atoms with Gasteiger partial charge in [0.2, 0.25) is 5.91 Å². The second-order valence-electron chi connectivity index (χ2n) is 6.63. The van der Waals surface area contributed by atoms with Crippen LogP contribution in [0, 0.1) is 0 Å². The van der Waals surface area contributed by atoms with Gasteiger partial charge in [0.1, 0.15) is 0 Å². The van der Waals surface area contributed by atoms with E-state index in [4.69, 9.17) is 0 Å². The minimum absolute atomic E-state index is 0.0110. The number of hydrogen-bond donors (Lipinski definition) is 2. The van der Waals surface area contributed by atoms with Crippen molar-refractivity contribution in [2.45, 2.75) is 44.9 Å². The molecule has 0 spiro atoms. The molecule has 0 radical (unpaired) electrons. The SMILES string of the molecule is CN(CC(=O)NC(C)(C)C)C1Cc2ccccc2C1O. The van der Waals surface area contributed by atoms with Gasteiger partial charge in [-0.05, 0) is 45.4 Å². The lowest BCUT2D eigenvalue weighted by Gasteiger charge is -2.28. The summed E-state index contributed by atoms with van der Waals surface area (Å²) in [6, 6.07) is 7.90. The van der Waals surface area contributed by atoms with Crippen LogP contribution in [-0.4, -0.2) is 41.1 Å². The number of fused-ring (bicyclic) bond motifs is 1. The number of nitrogens with one attached hydrogen (secondary N) is 1. The van der Waals surface area contributed by atoms with Gasteiger partial charge in [0, 0.05) is 11.6 Å². The van der Waals surface area contributed by atoms with Crippen LogP contribution in [0.5, 0.6) is 0 Å². The first-order valence-corrected chi connectivity index (χ1v) is 7.05. The maximum Gasteiger partial charge on any atom is 0.234 e. The fourth-order valence-electron chi connectivity index (χ4n) is 2.75. The summed E-state index contributed by atoms with van der Waals surface area (Å²) in [6.07, 6.45) is 0.273. The molecular formula is C16H24N2O2. The number of benzene rings is 1. The fraction of sp³-hybridized carbons (Fsp3) is 0.562. The Bertz CT molecular complexity index is 493. The summed E-state index contributed by atoms with van der Waals surface area (Å²) >= 11 is 0. The molecule has 2 unspecified atom stereocenters. The van der Waals surface area contributed by atoms with Crippen molar-refractivity contribution in [3.8, 4) is 0 Å². The molecule has 1 aromatic rings. The van der Waals surface area contributed by atoms with Crippen molar-refractivity contribution < 1.29 is 9.90 Å². The highest BCUT2D eigenvalue weighted by atomic mass is 16.3. The third-order valence-electron chi connectivity index (χ3n) is 3.64. The Kier molecular flexibility index (Phi) is 4.16. The first kappa shape index (κ1) is 15.0. The molecule has 20 heavy (non-hydrogen) atoms.